The van der Waals surface area contributed by atoms with Crippen molar-refractivity contribution in [1.29, 1.82) is 0 Å². The number of rotatable bonds is 6. The lowest BCUT2D eigenvalue weighted by atomic mass is 10.0. The van der Waals surface area contributed by atoms with Crippen molar-refractivity contribution in [3.63, 3.8) is 0 Å². The van der Waals surface area contributed by atoms with E-state index in [1.165, 1.54) is 36.1 Å². The van der Waals surface area contributed by atoms with E-state index in [1.54, 1.807) is 30.4 Å². The number of carbonyl (C=O) groups is 1. The SMILES string of the molecule is COc1c(OCC(=O)N(C)c2nc3c(s2)CCCC3)cccc1C1CC1. The van der Waals surface area contributed by atoms with Gasteiger partial charge in [0, 0.05) is 17.5 Å². The second kappa shape index (κ2) is 7.27. The number of aromatic nitrogens is 1. The Labute approximate surface area is 157 Å². The van der Waals surface area contributed by atoms with E-state index in [9.17, 15) is 4.79 Å². The number of carbonyl (C=O) groups excluding carboxylic acids is 1. The maximum absolute atomic E-state index is 12.6. The number of anilines is 1. The number of aryl methyl sites for hydroxylation is 2. The van der Waals surface area contributed by atoms with Gasteiger partial charge in [-0.2, -0.15) is 0 Å². The lowest BCUT2D eigenvalue weighted by molar-refractivity contribution is -0.120. The van der Waals surface area contributed by atoms with Crippen LogP contribution < -0.4 is 14.4 Å². The predicted molar refractivity (Wildman–Crippen MR) is 103 cm³/mol. The van der Waals surface area contributed by atoms with Gasteiger partial charge in [-0.25, -0.2) is 4.98 Å². The van der Waals surface area contributed by atoms with E-state index < -0.39 is 0 Å². The number of likely N-dealkylation sites (N-methyl/N-ethyl adjacent to an activating group) is 1. The molecular weight excluding hydrogens is 348 g/mol. The minimum atomic E-state index is -0.102. The molecule has 0 saturated heterocycles. The molecule has 26 heavy (non-hydrogen) atoms. The molecule has 0 radical (unpaired) electrons. The first-order valence-electron chi connectivity index (χ1n) is 9.22. The van der Waals surface area contributed by atoms with Crippen LogP contribution in [0.15, 0.2) is 18.2 Å². The summed E-state index contributed by atoms with van der Waals surface area (Å²) in [6, 6.07) is 5.91. The molecule has 2 aliphatic rings. The quantitative estimate of drug-likeness (QED) is 0.770. The van der Waals surface area contributed by atoms with E-state index in [0.29, 0.717) is 11.7 Å². The van der Waals surface area contributed by atoms with E-state index in [4.69, 9.17) is 9.47 Å². The second-order valence-electron chi connectivity index (χ2n) is 6.97. The summed E-state index contributed by atoms with van der Waals surface area (Å²) in [5.74, 6) is 1.86. The highest BCUT2D eigenvalue weighted by molar-refractivity contribution is 7.15. The molecule has 4 rings (SSSR count). The Kier molecular flexibility index (Phi) is 4.85. The molecule has 1 heterocycles. The van der Waals surface area contributed by atoms with Crippen LogP contribution in [0.2, 0.25) is 0 Å². The predicted octanol–water partition coefficient (Wildman–Crippen LogP) is 3.95. The fourth-order valence-electron chi connectivity index (χ4n) is 3.41. The molecule has 0 spiro atoms. The fourth-order valence-corrected chi connectivity index (χ4v) is 4.53. The summed E-state index contributed by atoms with van der Waals surface area (Å²) in [6.07, 6.45) is 6.89. The van der Waals surface area contributed by atoms with E-state index in [-0.39, 0.29) is 12.5 Å². The van der Waals surface area contributed by atoms with Gasteiger partial charge < -0.3 is 9.47 Å². The van der Waals surface area contributed by atoms with Crippen LogP contribution in [0.4, 0.5) is 5.13 Å². The second-order valence-corrected chi connectivity index (χ2v) is 8.03. The van der Waals surface area contributed by atoms with Gasteiger partial charge in [-0.05, 0) is 50.5 Å². The Morgan fingerprint density at radius 1 is 1.31 bits per heavy atom. The summed E-state index contributed by atoms with van der Waals surface area (Å²) in [4.78, 5) is 20.2. The zero-order valence-corrected chi connectivity index (χ0v) is 16.1. The smallest absolute Gasteiger partial charge is 0.266 e. The van der Waals surface area contributed by atoms with Crippen LogP contribution >= 0.6 is 11.3 Å². The van der Waals surface area contributed by atoms with Gasteiger partial charge in [-0.3, -0.25) is 9.69 Å². The Bertz CT molecular complexity index is 790. The number of hydrogen-bond acceptors (Lipinski definition) is 5. The number of nitrogens with zero attached hydrogens (tertiary/aromatic N) is 2. The molecule has 0 N–H and O–H groups in total. The molecule has 0 aliphatic heterocycles. The Morgan fingerprint density at radius 2 is 2.12 bits per heavy atom. The summed E-state index contributed by atoms with van der Waals surface area (Å²) in [6.45, 7) is -0.0226. The number of methoxy groups -OCH3 is 1. The summed E-state index contributed by atoms with van der Waals surface area (Å²) in [7, 11) is 3.43. The van der Waals surface area contributed by atoms with Gasteiger partial charge in [0.25, 0.3) is 5.91 Å². The number of benzene rings is 1. The van der Waals surface area contributed by atoms with Crippen LogP contribution in [0.5, 0.6) is 11.5 Å². The van der Waals surface area contributed by atoms with Gasteiger partial charge in [0.1, 0.15) is 0 Å². The standard InChI is InChI=1S/C20H24N2O3S/c1-22(20-21-15-7-3-4-9-17(15)26-20)18(23)12-25-16-8-5-6-14(13-10-11-13)19(16)24-2/h5-6,8,13H,3-4,7,9-12H2,1-2H3. The molecule has 0 atom stereocenters. The van der Waals surface area contributed by atoms with Gasteiger partial charge in [-0.15, -0.1) is 11.3 Å². The molecule has 2 aliphatic carbocycles. The Hall–Kier alpha value is -2.08. The van der Waals surface area contributed by atoms with Crippen LogP contribution in [0.25, 0.3) is 0 Å². The fraction of sp³-hybridized carbons (Fsp3) is 0.500. The van der Waals surface area contributed by atoms with Crippen molar-refractivity contribution < 1.29 is 14.3 Å². The lowest BCUT2D eigenvalue weighted by Gasteiger charge is -2.17. The molecule has 138 valence electrons. The van der Waals surface area contributed by atoms with Crippen LogP contribution in [-0.2, 0) is 17.6 Å². The highest BCUT2D eigenvalue weighted by Gasteiger charge is 2.28. The topological polar surface area (TPSA) is 51.7 Å². The minimum Gasteiger partial charge on any atom is -0.493 e. The monoisotopic (exact) mass is 372 g/mol. The number of para-hydroxylation sites is 1. The average molecular weight is 372 g/mol. The highest BCUT2D eigenvalue weighted by atomic mass is 32.1. The van der Waals surface area contributed by atoms with Crippen LogP contribution in [0, 0.1) is 0 Å². The molecule has 6 heteroatoms. The maximum Gasteiger partial charge on any atom is 0.266 e. The van der Waals surface area contributed by atoms with Gasteiger partial charge in [0.05, 0.1) is 12.8 Å². The molecule has 1 saturated carbocycles. The largest absolute Gasteiger partial charge is 0.493 e. The van der Waals surface area contributed by atoms with Crippen LogP contribution in [0.1, 0.15) is 47.7 Å². The zero-order valence-electron chi connectivity index (χ0n) is 15.3. The van der Waals surface area contributed by atoms with Crippen molar-refractivity contribution in [3.05, 3.63) is 34.3 Å². The molecule has 1 amide bonds. The summed E-state index contributed by atoms with van der Waals surface area (Å²) < 4.78 is 11.4. The Morgan fingerprint density at radius 3 is 2.85 bits per heavy atom. The third-order valence-corrected chi connectivity index (χ3v) is 6.31. The van der Waals surface area contributed by atoms with Crippen molar-refractivity contribution in [3.8, 4) is 11.5 Å². The van der Waals surface area contributed by atoms with E-state index in [0.717, 1.165) is 29.4 Å². The van der Waals surface area contributed by atoms with Gasteiger partial charge in [0.2, 0.25) is 0 Å². The molecule has 2 aromatic rings. The van der Waals surface area contributed by atoms with Gasteiger partial charge in [0.15, 0.2) is 23.2 Å². The third-order valence-electron chi connectivity index (χ3n) is 5.08. The van der Waals surface area contributed by atoms with Crippen molar-refractivity contribution in [2.45, 2.75) is 44.4 Å². The van der Waals surface area contributed by atoms with Crippen LogP contribution in [0.3, 0.4) is 0 Å². The number of fused-ring (bicyclic) bond motifs is 1. The zero-order chi connectivity index (χ0) is 18.1. The minimum absolute atomic E-state index is 0.0226. The number of ether oxygens (including phenoxy) is 2. The van der Waals surface area contributed by atoms with Crippen LogP contribution in [-0.4, -0.2) is 31.7 Å². The lowest BCUT2D eigenvalue weighted by Crippen LogP contribution is -2.31. The first-order valence-corrected chi connectivity index (χ1v) is 10.0. The van der Waals surface area contributed by atoms with Crippen molar-refractivity contribution in [2.24, 2.45) is 0 Å². The molecule has 0 bridgehead atoms. The summed E-state index contributed by atoms with van der Waals surface area (Å²) in [5, 5.41) is 0.768. The molecule has 0 unspecified atom stereocenters. The van der Waals surface area contributed by atoms with E-state index in [2.05, 4.69) is 11.1 Å². The molecule has 1 fully saturated rings. The molecule has 1 aromatic carbocycles. The average Bonchev–Trinajstić information content (AvgIpc) is 3.43. The normalized spacial score (nSPS) is 16.1. The van der Waals surface area contributed by atoms with Gasteiger partial charge >= 0.3 is 0 Å². The number of amides is 1. The third kappa shape index (κ3) is 3.43. The summed E-state index contributed by atoms with van der Waals surface area (Å²) in [5.41, 5.74) is 2.34. The molecule has 5 nitrogen and oxygen atoms in total. The molecular formula is C20H24N2O3S. The van der Waals surface area contributed by atoms with E-state index >= 15 is 0 Å². The van der Waals surface area contributed by atoms with Crippen molar-refractivity contribution in [1.82, 2.24) is 4.98 Å². The Balaban J connectivity index is 1.43. The highest BCUT2D eigenvalue weighted by Crippen LogP contribution is 2.47. The van der Waals surface area contributed by atoms with Crippen molar-refractivity contribution in [2.75, 3.05) is 25.7 Å². The number of thiazole rings is 1. The van der Waals surface area contributed by atoms with Gasteiger partial charge in [-0.1, -0.05) is 12.1 Å². The van der Waals surface area contributed by atoms with Crippen molar-refractivity contribution >= 4 is 22.4 Å². The number of hydrogen-bond donors (Lipinski definition) is 0. The molecule has 1 aromatic heterocycles. The first kappa shape index (κ1) is 17.3. The first-order chi connectivity index (χ1) is 12.7. The van der Waals surface area contributed by atoms with E-state index in [1.807, 2.05) is 12.1 Å². The summed E-state index contributed by atoms with van der Waals surface area (Å²) >= 11 is 1.63. The maximum atomic E-state index is 12.6.